The van der Waals surface area contributed by atoms with Crippen molar-refractivity contribution in [3.63, 3.8) is 0 Å². The number of nitrogens with one attached hydrogen (secondary N) is 1. The van der Waals surface area contributed by atoms with Gasteiger partial charge in [-0.15, -0.1) is 0 Å². The molecule has 2 saturated heterocycles. The zero-order valence-corrected chi connectivity index (χ0v) is 15.6. The van der Waals surface area contributed by atoms with Crippen LogP contribution in [0.3, 0.4) is 0 Å². The van der Waals surface area contributed by atoms with Crippen molar-refractivity contribution in [2.45, 2.75) is 38.6 Å². The van der Waals surface area contributed by atoms with Crippen LogP contribution >= 0.6 is 0 Å². The number of nitrogens with zero attached hydrogens (tertiary/aromatic N) is 2. The van der Waals surface area contributed by atoms with Crippen molar-refractivity contribution in [3.8, 4) is 0 Å². The minimum Gasteiger partial charge on any atom is -0.336 e. The zero-order valence-electron chi connectivity index (χ0n) is 14.8. The molecule has 6 nitrogen and oxygen atoms in total. The molecule has 1 aromatic rings. The van der Waals surface area contributed by atoms with Crippen molar-refractivity contribution < 1.29 is 13.2 Å². The number of piperidine rings is 1. The lowest BCUT2D eigenvalue weighted by molar-refractivity contribution is 0.0642. The molecule has 0 radical (unpaired) electrons. The Morgan fingerprint density at radius 1 is 1.32 bits per heavy atom. The molecule has 0 bridgehead atoms. The summed E-state index contributed by atoms with van der Waals surface area (Å²) in [4.78, 5) is 15.1. The molecular weight excluding hydrogens is 338 g/mol. The maximum absolute atomic E-state index is 13.1. The number of benzene rings is 1. The molecular formula is C18H27N3O3S. The van der Waals surface area contributed by atoms with E-state index in [0.717, 1.165) is 38.9 Å². The summed E-state index contributed by atoms with van der Waals surface area (Å²) in [7, 11) is -3.23. The van der Waals surface area contributed by atoms with Crippen molar-refractivity contribution in [1.82, 2.24) is 10.2 Å². The summed E-state index contributed by atoms with van der Waals surface area (Å²) >= 11 is 0. The van der Waals surface area contributed by atoms with Gasteiger partial charge in [0.05, 0.1) is 11.4 Å². The fourth-order valence-electron chi connectivity index (χ4n) is 3.70. The highest BCUT2D eigenvalue weighted by molar-refractivity contribution is 7.93. The Bertz CT molecular complexity index is 714. The number of rotatable bonds is 5. The van der Waals surface area contributed by atoms with Crippen LogP contribution in [0.15, 0.2) is 24.3 Å². The van der Waals surface area contributed by atoms with Crippen LogP contribution in [0.1, 0.15) is 43.0 Å². The van der Waals surface area contributed by atoms with Crippen LogP contribution in [0, 0.1) is 0 Å². The molecule has 0 spiro atoms. The molecule has 25 heavy (non-hydrogen) atoms. The van der Waals surface area contributed by atoms with Crippen molar-refractivity contribution in [3.05, 3.63) is 29.8 Å². The molecule has 138 valence electrons. The van der Waals surface area contributed by atoms with E-state index in [-0.39, 0.29) is 17.7 Å². The molecule has 0 aromatic heterocycles. The first-order valence-corrected chi connectivity index (χ1v) is 10.8. The number of sulfonamides is 1. The average molecular weight is 365 g/mol. The maximum atomic E-state index is 13.1. The summed E-state index contributed by atoms with van der Waals surface area (Å²) in [5.74, 6) is 0.189. The Balaban J connectivity index is 1.84. The van der Waals surface area contributed by atoms with Gasteiger partial charge in [-0.1, -0.05) is 13.0 Å². The second-order valence-corrected chi connectivity index (χ2v) is 8.78. The van der Waals surface area contributed by atoms with Crippen LogP contribution in [-0.2, 0) is 10.0 Å². The summed E-state index contributed by atoms with van der Waals surface area (Å²) in [6.07, 6.45) is 3.48. The van der Waals surface area contributed by atoms with Gasteiger partial charge in [-0.3, -0.25) is 9.10 Å². The van der Waals surface area contributed by atoms with Crippen molar-refractivity contribution in [2.75, 3.05) is 36.2 Å². The third-order valence-electron chi connectivity index (χ3n) is 4.96. The van der Waals surface area contributed by atoms with E-state index in [1.165, 1.54) is 4.31 Å². The lowest BCUT2D eigenvalue weighted by Gasteiger charge is -2.34. The summed E-state index contributed by atoms with van der Waals surface area (Å²) in [6, 6.07) is 7.33. The van der Waals surface area contributed by atoms with E-state index in [2.05, 4.69) is 12.2 Å². The maximum Gasteiger partial charge on any atom is 0.254 e. The predicted octanol–water partition coefficient (Wildman–Crippen LogP) is 1.83. The minimum atomic E-state index is -3.23. The van der Waals surface area contributed by atoms with Crippen LogP contribution in [0.4, 0.5) is 5.69 Å². The van der Waals surface area contributed by atoms with Gasteiger partial charge in [0.2, 0.25) is 10.0 Å². The van der Waals surface area contributed by atoms with Crippen molar-refractivity contribution in [2.24, 2.45) is 0 Å². The highest BCUT2D eigenvalue weighted by atomic mass is 32.2. The van der Waals surface area contributed by atoms with E-state index in [0.29, 0.717) is 24.2 Å². The van der Waals surface area contributed by atoms with E-state index in [4.69, 9.17) is 0 Å². The van der Waals surface area contributed by atoms with Crippen molar-refractivity contribution >= 4 is 21.6 Å². The number of amides is 1. The van der Waals surface area contributed by atoms with Gasteiger partial charge in [0.1, 0.15) is 0 Å². The zero-order chi connectivity index (χ0) is 17.9. The summed E-state index contributed by atoms with van der Waals surface area (Å²) < 4.78 is 25.7. The average Bonchev–Trinajstić information content (AvgIpc) is 2.99. The first kappa shape index (κ1) is 18.2. The van der Waals surface area contributed by atoms with Gasteiger partial charge in [0, 0.05) is 24.7 Å². The summed E-state index contributed by atoms with van der Waals surface area (Å²) in [5.41, 5.74) is 1.18. The number of carbonyl (C=O) groups excluding carboxylic acids is 1. The molecule has 0 aliphatic carbocycles. The Labute approximate surface area is 150 Å². The van der Waals surface area contributed by atoms with Gasteiger partial charge in [-0.25, -0.2) is 8.42 Å². The monoisotopic (exact) mass is 365 g/mol. The van der Waals surface area contributed by atoms with Gasteiger partial charge >= 0.3 is 0 Å². The van der Waals surface area contributed by atoms with E-state index in [1.807, 2.05) is 4.90 Å². The third-order valence-corrected chi connectivity index (χ3v) is 6.82. The summed E-state index contributed by atoms with van der Waals surface area (Å²) in [6.45, 7) is 5.17. The quantitative estimate of drug-likeness (QED) is 0.864. The van der Waals surface area contributed by atoms with Gasteiger partial charge < -0.3 is 10.2 Å². The Kier molecular flexibility index (Phi) is 5.64. The first-order valence-electron chi connectivity index (χ1n) is 9.15. The SMILES string of the molecule is CCCN(C(=O)c1cccc(N2CCCS2(=O)=O)c1)C1CCNCC1. The fraction of sp³-hybridized carbons (Fsp3) is 0.611. The van der Waals surface area contributed by atoms with Gasteiger partial charge in [-0.2, -0.15) is 0 Å². The van der Waals surface area contributed by atoms with Gasteiger partial charge in [-0.05, 0) is 57.0 Å². The van der Waals surface area contributed by atoms with Crippen LogP contribution in [0.5, 0.6) is 0 Å². The number of hydrogen-bond donors (Lipinski definition) is 1. The minimum absolute atomic E-state index is 0.00666. The van der Waals surface area contributed by atoms with E-state index < -0.39 is 10.0 Å². The van der Waals surface area contributed by atoms with Crippen LogP contribution in [0.2, 0.25) is 0 Å². The van der Waals surface area contributed by atoms with Crippen LogP contribution in [0.25, 0.3) is 0 Å². The summed E-state index contributed by atoms with van der Waals surface area (Å²) in [5, 5.41) is 3.33. The van der Waals surface area contributed by atoms with Crippen molar-refractivity contribution in [1.29, 1.82) is 0 Å². The standard InChI is InChI=1S/C18H27N3O3S/c1-2-11-20(16-7-9-19-10-8-16)18(22)15-5-3-6-17(14-15)21-12-4-13-25(21,23)24/h3,5-6,14,16,19H,2,4,7-13H2,1H3. The third kappa shape index (κ3) is 3.98. The smallest absolute Gasteiger partial charge is 0.254 e. The Morgan fingerprint density at radius 3 is 2.72 bits per heavy atom. The molecule has 3 rings (SSSR count). The second kappa shape index (κ2) is 7.74. The largest absolute Gasteiger partial charge is 0.336 e. The normalized spacial score (nSPS) is 20.6. The van der Waals surface area contributed by atoms with E-state index in [9.17, 15) is 13.2 Å². The molecule has 1 N–H and O–H groups in total. The van der Waals surface area contributed by atoms with E-state index in [1.54, 1.807) is 24.3 Å². The molecule has 0 saturated carbocycles. The molecule has 1 aromatic carbocycles. The highest BCUT2D eigenvalue weighted by Gasteiger charge is 2.30. The first-order chi connectivity index (χ1) is 12.0. The van der Waals surface area contributed by atoms with Gasteiger partial charge in [0.15, 0.2) is 0 Å². The molecule has 2 fully saturated rings. The highest BCUT2D eigenvalue weighted by Crippen LogP contribution is 2.26. The Hall–Kier alpha value is -1.60. The molecule has 2 heterocycles. The number of carbonyl (C=O) groups is 1. The molecule has 0 unspecified atom stereocenters. The number of anilines is 1. The number of hydrogen-bond acceptors (Lipinski definition) is 4. The predicted molar refractivity (Wildman–Crippen MR) is 99.4 cm³/mol. The lowest BCUT2D eigenvalue weighted by atomic mass is 10.0. The fourth-order valence-corrected chi connectivity index (χ4v) is 5.25. The second-order valence-electron chi connectivity index (χ2n) is 6.77. The van der Waals surface area contributed by atoms with Gasteiger partial charge in [0.25, 0.3) is 5.91 Å². The molecule has 1 amide bonds. The lowest BCUT2D eigenvalue weighted by Crippen LogP contribution is -2.46. The molecule has 7 heteroatoms. The Morgan fingerprint density at radius 2 is 2.08 bits per heavy atom. The topological polar surface area (TPSA) is 69.7 Å². The van der Waals surface area contributed by atoms with E-state index >= 15 is 0 Å². The molecule has 2 aliphatic rings. The molecule has 0 atom stereocenters. The molecule has 2 aliphatic heterocycles. The van der Waals surface area contributed by atoms with Crippen LogP contribution < -0.4 is 9.62 Å². The van der Waals surface area contributed by atoms with Crippen LogP contribution in [-0.4, -0.2) is 57.2 Å².